The Kier molecular flexibility index (Phi) is 7.13. The first-order valence-electron chi connectivity index (χ1n) is 13.0. The lowest BCUT2D eigenvalue weighted by Gasteiger charge is -2.35. The van der Waals surface area contributed by atoms with Crippen LogP contribution in [-0.4, -0.2) is 68.9 Å². The van der Waals surface area contributed by atoms with E-state index >= 15 is 0 Å². The maximum absolute atomic E-state index is 15.0. The van der Waals surface area contributed by atoms with Gasteiger partial charge in [0, 0.05) is 24.8 Å². The number of alkyl halides is 1. The van der Waals surface area contributed by atoms with Crippen molar-refractivity contribution >= 4 is 23.5 Å². The molecule has 2 fully saturated rings. The van der Waals surface area contributed by atoms with Gasteiger partial charge in [-0.3, -0.25) is 4.79 Å². The molecule has 0 radical (unpaired) electrons. The molecule has 2 saturated heterocycles. The van der Waals surface area contributed by atoms with E-state index in [1.807, 2.05) is 4.90 Å². The molecule has 0 spiro atoms. The van der Waals surface area contributed by atoms with Crippen molar-refractivity contribution in [1.82, 2.24) is 24.8 Å². The number of amides is 2. The standard InChI is InChI=1S/C27H31F3N6O3/c1-27(2,3)39-26(38)34-11-8-21(20(30)15-34)32-25(37)18-14-31-36-12-9-23(33-24(18)36)35-10-4-5-22(35)17-13-16(28)6-7-19(17)29/h6-7,9,12-14,20-22H,4-5,8,10-11,15H2,1-3H3,(H,32,37)/t20-,21+,22+/m0/s1. The van der Waals surface area contributed by atoms with Crippen LogP contribution in [0.2, 0.25) is 0 Å². The summed E-state index contributed by atoms with van der Waals surface area (Å²) < 4.78 is 50.1. The van der Waals surface area contributed by atoms with Gasteiger partial charge in [0.05, 0.1) is 24.8 Å². The Balaban J connectivity index is 1.31. The molecule has 0 aliphatic carbocycles. The number of hydrogen-bond donors (Lipinski definition) is 1. The Morgan fingerprint density at radius 2 is 1.92 bits per heavy atom. The third-order valence-corrected chi connectivity index (χ3v) is 6.97. The average molecular weight is 545 g/mol. The molecule has 9 nitrogen and oxygen atoms in total. The highest BCUT2D eigenvalue weighted by molar-refractivity contribution is 6.00. The monoisotopic (exact) mass is 544 g/mol. The topological polar surface area (TPSA) is 92.1 Å². The quantitative estimate of drug-likeness (QED) is 0.523. The van der Waals surface area contributed by atoms with Crippen molar-refractivity contribution in [2.75, 3.05) is 24.5 Å². The van der Waals surface area contributed by atoms with E-state index in [0.29, 0.717) is 18.8 Å². The number of nitrogens with one attached hydrogen (secondary N) is 1. The van der Waals surface area contributed by atoms with Gasteiger partial charge in [-0.2, -0.15) is 5.10 Å². The number of carbonyl (C=O) groups is 2. The van der Waals surface area contributed by atoms with Gasteiger partial charge in [-0.1, -0.05) is 0 Å². The van der Waals surface area contributed by atoms with Crippen LogP contribution in [0.4, 0.5) is 23.8 Å². The number of hydrogen-bond acceptors (Lipinski definition) is 6. The number of rotatable bonds is 4. The lowest BCUT2D eigenvalue weighted by atomic mass is 10.0. The van der Waals surface area contributed by atoms with Crippen molar-refractivity contribution in [2.24, 2.45) is 0 Å². The summed E-state index contributed by atoms with van der Waals surface area (Å²) in [4.78, 5) is 33.3. The maximum atomic E-state index is 15.0. The van der Waals surface area contributed by atoms with Gasteiger partial charge in [-0.25, -0.2) is 27.5 Å². The third kappa shape index (κ3) is 5.64. The van der Waals surface area contributed by atoms with Gasteiger partial charge in [-0.15, -0.1) is 0 Å². The first kappa shape index (κ1) is 26.8. The predicted molar refractivity (Wildman–Crippen MR) is 137 cm³/mol. The molecule has 2 aliphatic rings. The molecule has 208 valence electrons. The Morgan fingerprint density at radius 3 is 2.67 bits per heavy atom. The first-order chi connectivity index (χ1) is 18.5. The molecule has 2 amide bonds. The van der Waals surface area contributed by atoms with Crippen molar-refractivity contribution in [3.63, 3.8) is 0 Å². The van der Waals surface area contributed by atoms with E-state index in [1.165, 1.54) is 21.7 Å². The summed E-state index contributed by atoms with van der Waals surface area (Å²) in [6.07, 6.45) is 2.54. The summed E-state index contributed by atoms with van der Waals surface area (Å²) in [5, 5.41) is 6.91. The van der Waals surface area contributed by atoms with Crippen LogP contribution >= 0.6 is 0 Å². The maximum Gasteiger partial charge on any atom is 0.410 e. The lowest BCUT2D eigenvalue weighted by Crippen LogP contribution is -2.54. The van der Waals surface area contributed by atoms with Crippen LogP contribution in [0.15, 0.2) is 36.7 Å². The van der Waals surface area contributed by atoms with E-state index in [4.69, 9.17) is 4.74 Å². The Morgan fingerprint density at radius 1 is 1.13 bits per heavy atom. The SMILES string of the molecule is CC(C)(C)OC(=O)N1CC[C@@H](NC(=O)c2cnn3ccc(N4CCC[C@@H]4c4cc(F)ccc4F)nc23)[C@@H](F)C1. The van der Waals surface area contributed by atoms with Crippen LogP contribution < -0.4 is 10.2 Å². The van der Waals surface area contributed by atoms with Crippen molar-refractivity contribution in [3.8, 4) is 0 Å². The van der Waals surface area contributed by atoms with E-state index in [2.05, 4.69) is 15.4 Å². The summed E-state index contributed by atoms with van der Waals surface area (Å²) in [5.74, 6) is -1.05. The van der Waals surface area contributed by atoms with Crippen LogP contribution in [0.3, 0.4) is 0 Å². The van der Waals surface area contributed by atoms with Gasteiger partial charge in [0.1, 0.15) is 34.8 Å². The molecule has 3 atom stereocenters. The number of aromatic nitrogens is 3. The summed E-state index contributed by atoms with van der Waals surface area (Å²) >= 11 is 0. The van der Waals surface area contributed by atoms with Crippen molar-refractivity contribution < 1.29 is 27.5 Å². The molecular weight excluding hydrogens is 513 g/mol. The van der Waals surface area contributed by atoms with Gasteiger partial charge < -0.3 is 19.9 Å². The first-order valence-corrected chi connectivity index (χ1v) is 13.0. The minimum Gasteiger partial charge on any atom is -0.444 e. The van der Waals surface area contributed by atoms with Crippen molar-refractivity contribution in [3.05, 3.63) is 59.4 Å². The van der Waals surface area contributed by atoms with Crippen LogP contribution in [0.5, 0.6) is 0 Å². The number of halogens is 3. The van der Waals surface area contributed by atoms with E-state index in [-0.39, 0.29) is 36.3 Å². The fraction of sp³-hybridized carbons (Fsp3) is 0.481. The molecule has 0 unspecified atom stereocenters. The highest BCUT2D eigenvalue weighted by Crippen LogP contribution is 2.37. The number of nitrogens with zero attached hydrogens (tertiary/aromatic N) is 5. The molecular formula is C27H31F3N6O3. The Hall–Kier alpha value is -3.83. The Bertz CT molecular complexity index is 1390. The Labute approximate surface area is 223 Å². The second-order valence-corrected chi connectivity index (χ2v) is 10.9. The smallest absolute Gasteiger partial charge is 0.410 e. The van der Waals surface area contributed by atoms with Gasteiger partial charge in [-0.05, 0) is 64.3 Å². The van der Waals surface area contributed by atoms with Gasteiger partial charge >= 0.3 is 6.09 Å². The molecule has 39 heavy (non-hydrogen) atoms. The summed E-state index contributed by atoms with van der Waals surface area (Å²) in [5.41, 5.74) is -0.0141. The molecule has 2 aromatic heterocycles. The molecule has 4 heterocycles. The van der Waals surface area contributed by atoms with E-state index in [9.17, 15) is 22.8 Å². The predicted octanol–water partition coefficient (Wildman–Crippen LogP) is 4.43. The number of fused-ring (bicyclic) bond motifs is 1. The number of benzene rings is 1. The third-order valence-electron chi connectivity index (χ3n) is 6.97. The lowest BCUT2D eigenvalue weighted by molar-refractivity contribution is 0.00972. The molecule has 12 heteroatoms. The molecule has 2 aliphatic heterocycles. The molecule has 0 saturated carbocycles. The van der Waals surface area contributed by atoms with E-state index < -0.39 is 47.5 Å². The second-order valence-electron chi connectivity index (χ2n) is 10.9. The molecule has 0 bridgehead atoms. The van der Waals surface area contributed by atoms with Gasteiger partial charge in [0.25, 0.3) is 5.91 Å². The fourth-order valence-electron chi connectivity index (χ4n) is 5.12. The number of likely N-dealkylation sites (tertiary alicyclic amines) is 1. The summed E-state index contributed by atoms with van der Waals surface area (Å²) in [6, 6.07) is 3.92. The number of piperidine rings is 1. The zero-order chi connectivity index (χ0) is 27.9. The summed E-state index contributed by atoms with van der Waals surface area (Å²) in [7, 11) is 0. The van der Waals surface area contributed by atoms with Crippen LogP contribution in [0.25, 0.3) is 5.65 Å². The zero-order valence-corrected chi connectivity index (χ0v) is 22.0. The highest BCUT2D eigenvalue weighted by Gasteiger charge is 2.35. The minimum atomic E-state index is -1.48. The largest absolute Gasteiger partial charge is 0.444 e. The molecule has 5 rings (SSSR count). The normalized spacial score (nSPS) is 21.8. The second kappa shape index (κ2) is 10.4. The fourth-order valence-corrected chi connectivity index (χ4v) is 5.12. The zero-order valence-electron chi connectivity index (χ0n) is 22.0. The molecule has 1 N–H and O–H groups in total. The average Bonchev–Trinajstić information content (AvgIpc) is 3.52. The number of ether oxygens (including phenoxy) is 1. The minimum absolute atomic E-state index is 0.159. The van der Waals surface area contributed by atoms with E-state index in [0.717, 1.165) is 18.6 Å². The summed E-state index contributed by atoms with van der Waals surface area (Å²) in [6.45, 7) is 5.85. The van der Waals surface area contributed by atoms with Crippen molar-refractivity contribution in [2.45, 2.75) is 63.9 Å². The van der Waals surface area contributed by atoms with Gasteiger partial charge in [0.15, 0.2) is 5.65 Å². The van der Waals surface area contributed by atoms with E-state index in [1.54, 1.807) is 33.0 Å². The molecule has 3 aromatic rings. The van der Waals surface area contributed by atoms with Crippen LogP contribution in [-0.2, 0) is 4.74 Å². The number of anilines is 1. The van der Waals surface area contributed by atoms with Crippen LogP contribution in [0, 0.1) is 11.6 Å². The highest BCUT2D eigenvalue weighted by atomic mass is 19.1. The molecule has 1 aromatic carbocycles. The van der Waals surface area contributed by atoms with Gasteiger partial charge in [0.2, 0.25) is 0 Å². The van der Waals surface area contributed by atoms with Crippen LogP contribution in [0.1, 0.15) is 62.0 Å². The van der Waals surface area contributed by atoms with Crippen molar-refractivity contribution in [1.29, 1.82) is 0 Å². The number of carbonyl (C=O) groups excluding carboxylic acids is 2.